The van der Waals surface area contributed by atoms with E-state index in [9.17, 15) is 18.0 Å². The lowest BCUT2D eigenvalue weighted by Crippen LogP contribution is -2.26. The van der Waals surface area contributed by atoms with Gasteiger partial charge < -0.3 is 14.0 Å². The molecule has 11 nitrogen and oxygen atoms in total. The molecule has 0 radical (unpaired) electrons. The molecule has 1 fully saturated rings. The molecule has 2 heterocycles. The molecule has 0 bridgehead atoms. The number of anilines is 1. The van der Waals surface area contributed by atoms with E-state index in [0.29, 0.717) is 23.1 Å². The van der Waals surface area contributed by atoms with Gasteiger partial charge in [-0.15, -0.1) is 0 Å². The zero-order valence-electron chi connectivity index (χ0n) is 17.7. The summed E-state index contributed by atoms with van der Waals surface area (Å²) in [5.74, 6) is -0.496. The van der Waals surface area contributed by atoms with Crippen LogP contribution in [-0.2, 0) is 19.5 Å². The van der Waals surface area contributed by atoms with E-state index in [1.165, 1.54) is 35.4 Å². The van der Waals surface area contributed by atoms with Crippen LogP contribution in [0.4, 0.5) is 10.5 Å². The molecular weight excluding hydrogens is 492 g/mol. The second-order valence-corrected chi connectivity index (χ2v) is 9.37. The summed E-state index contributed by atoms with van der Waals surface area (Å²) in [5.41, 5.74) is 0.784. The highest BCUT2D eigenvalue weighted by molar-refractivity contribution is 7.90. The van der Waals surface area contributed by atoms with Crippen molar-refractivity contribution in [1.29, 1.82) is 0 Å². The Morgan fingerprint density at radius 1 is 1.24 bits per heavy atom. The maximum atomic E-state index is 11.9. The van der Waals surface area contributed by atoms with Gasteiger partial charge in [-0.25, -0.2) is 18.0 Å². The molecule has 3 aromatic rings. The SMILES string of the molecule is CS(=O)(=O)c1ccc(N2CC(COc3ccon3)OC2=O)cc1.O=C(OO)c1cccc(Cl)c1. The van der Waals surface area contributed by atoms with Crippen molar-refractivity contribution in [3.8, 4) is 5.88 Å². The average Bonchev–Trinajstić information content (AvgIpc) is 3.46. The Morgan fingerprint density at radius 2 is 1.97 bits per heavy atom. The minimum atomic E-state index is -3.27. The van der Waals surface area contributed by atoms with E-state index >= 15 is 0 Å². The van der Waals surface area contributed by atoms with E-state index in [1.807, 2.05) is 0 Å². The summed E-state index contributed by atoms with van der Waals surface area (Å²) < 4.78 is 38.1. The second kappa shape index (κ2) is 11.0. The van der Waals surface area contributed by atoms with Crippen molar-refractivity contribution in [2.45, 2.75) is 11.0 Å². The lowest BCUT2D eigenvalue weighted by molar-refractivity contribution is -0.182. The van der Waals surface area contributed by atoms with Crippen LogP contribution >= 0.6 is 11.6 Å². The summed E-state index contributed by atoms with van der Waals surface area (Å²) in [6.45, 7) is 0.450. The summed E-state index contributed by atoms with van der Waals surface area (Å²) in [5, 5.41) is 12.0. The van der Waals surface area contributed by atoms with Crippen LogP contribution < -0.4 is 9.64 Å². The Balaban J connectivity index is 0.000000248. The second-order valence-electron chi connectivity index (χ2n) is 6.92. The van der Waals surface area contributed by atoms with E-state index in [0.717, 1.165) is 6.26 Å². The molecule has 2 aromatic carbocycles. The first-order valence-corrected chi connectivity index (χ1v) is 11.9. The summed E-state index contributed by atoms with van der Waals surface area (Å²) in [4.78, 5) is 27.7. The van der Waals surface area contributed by atoms with E-state index in [-0.39, 0.29) is 17.1 Å². The third-order valence-electron chi connectivity index (χ3n) is 4.43. The Morgan fingerprint density at radius 3 is 2.56 bits per heavy atom. The number of amides is 1. The van der Waals surface area contributed by atoms with Crippen molar-refractivity contribution in [1.82, 2.24) is 5.16 Å². The molecule has 0 spiro atoms. The standard InChI is InChI=1S/C14H14N2O6S.C7H5ClO3/c1-23(18,19)12-4-2-10(3-5-12)16-8-11(22-14(16)17)9-20-13-6-7-21-15-13;8-6-3-1-2-5(4-6)7(9)11-10/h2-7,11H,8-9H2,1H3;1-4,10H. The van der Waals surface area contributed by atoms with Crippen LogP contribution in [0.2, 0.25) is 5.02 Å². The van der Waals surface area contributed by atoms with Gasteiger partial charge in [-0.1, -0.05) is 17.7 Å². The number of sulfone groups is 1. The van der Waals surface area contributed by atoms with Gasteiger partial charge in [-0.3, -0.25) is 9.79 Å². The number of hydrogen-bond donors (Lipinski definition) is 1. The van der Waals surface area contributed by atoms with Gasteiger partial charge >= 0.3 is 12.1 Å². The third kappa shape index (κ3) is 6.70. The summed E-state index contributed by atoms with van der Waals surface area (Å²) >= 11 is 5.56. The minimum Gasteiger partial charge on any atom is -0.471 e. The number of halogens is 1. The third-order valence-corrected chi connectivity index (χ3v) is 5.79. The molecule has 1 saturated heterocycles. The number of carbonyl (C=O) groups is 2. The summed E-state index contributed by atoms with van der Waals surface area (Å²) in [6.07, 6.45) is 1.55. The fourth-order valence-corrected chi connectivity index (χ4v) is 3.64. The monoisotopic (exact) mass is 510 g/mol. The van der Waals surface area contributed by atoms with Crippen LogP contribution in [0.15, 0.2) is 70.3 Å². The molecule has 1 atom stereocenters. The van der Waals surface area contributed by atoms with Crippen LogP contribution in [0.1, 0.15) is 10.4 Å². The first-order valence-electron chi connectivity index (χ1n) is 9.60. The van der Waals surface area contributed by atoms with Gasteiger partial charge in [0.2, 0.25) is 0 Å². The van der Waals surface area contributed by atoms with Crippen LogP contribution in [0.3, 0.4) is 0 Å². The van der Waals surface area contributed by atoms with Crippen molar-refractivity contribution in [2.24, 2.45) is 0 Å². The Bertz CT molecular complexity index is 1230. The number of carbonyl (C=O) groups excluding carboxylic acids is 2. The van der Waals surface area contributed by atoms with E-state index in [1.54, 1.807) is 30.3 Å². The number of benzene rings is 2. The van der Waals surface area contributed by atoms with Crippen molar-refractivity contribution < 1.29 is 42.1 Å². The molecule has 1 amide bonds. The Labute approximate surface area is 199 Å². The molecular formula is C21H19ClN2O9S. The lowest BCUT2D eigenvalue weighted by Gasteiger charge is -2.13. The topological polar surface area (TPSA) is 145 Å². The highest BCUT2D eigenvalue weighted by Gasteiger charge is 2.33. The Hall–Kier alpha value is -3.61. The number of nitrogens with zero attached hydrogens (tertiary/aromatic N) is 2. The molecule has 180 valence electrons. The van der Waals surface area contributed by atoms with Gasteiger partial charge in [0, 0.05) is 23.0 Å². The number of aromatic nitrogens is 1. The highest BCUT2D eigenvalue weighted by atomic mass is 35.5. The predicted octanol–water partition coefficient (Wildman–Crippen LogP) is 3.45. The quantitative estimate of drug-likeness (QED) is 0.386. The van der Waals surface area contributed by atoms with E-state index in [4.69, 9.17) is 26.3 Å². The summed E-state index contributed by atoms with van der Waals surface area (Å²) in [7, 11) is -3.27. The minimum absolute atomic E-state index is 0.149. The average molecular weight is 511 g/mol. The Kier molecular flexibility index (Phi) is 8.10. The first kappa shape index (κ1) is 25.0. The smallest absolute Gasteiger partial charge is 0.414 e. The highest BCUT2D eigenvalue weighted by Crippen LogP contribution is 2.23. The van der Waals surface area contributed by atoms with E-state index < -0.39 is 28.0 Å². The normalized spacial score (nSPS) is 15.2. The molecule has 1 aliphatic heterocycles. The molecule has 4 rings (SSSR count). The number of cyclic esters (lactones) is 1. The maximum absolute atomic E-state index is 11.9. The number of hydrogen-bond acceptors (Lipinski definition) is 10. The molecule has 34 heavy (non-hydrogen) atoms. The number of rotatable bonds is 6. The first-order chi connectivity index (χ1) is 16.2. The van der Waals surface area contributed by atoms with Gasteiger partial charge in [0.1, 0.15) is 12.9 Å². The molecule has 13 heteroatoms. The van der Waals surface area contributed by atoms with Gasteiger partial charge in [-0.2, -0.15) is 5.26 Å². The molecule has 1 N–H and O–H groups in total. The molecule has 1 unspecified atom stereocenters. The molecule has 0 aliphatic carbocycles. The van der Waals surface area contributed by atoms with Crippen molar-refractivity contribution >= 4 is 39.2 Å². The molecule has 1 aromatic heterocycles. The molecule has 1 aliphatic rings. The van der Waals surface area contributed by atoms with Crippen LogP contribution in [0.5, 0.6) is 5.88 Å². The van der Waals surface area contributed by atoms with Crippen LogP contribution in [0.25, 0.3) is 0 Å². The zero-order valence-corrected chi connectivity index (χ0v) is 19.2. The summed E-state index contributed by atoms with van der Waals surface area (Å²) in [6, 6.07) is 13.7. The molecule has 0 saturated carbocycles. The predicted molar refractivity (Wildman–Crippen MR) is 119 cm³/mol. The van der Waals surface area contributed by atoms with Crippen LogP contribution in [-0.4, -0.2) is 56.4 Å². The fraction of sp³-hybridized carbons (Fsp3) is 0.190. The van der Waals surface area contributed by atoms with Gasteiger partial charge in [0.15, 0.2) is 15.9 Å². The zero-order chi connectivity index (χ0) is 24.7. The fourth-order valence-electron chi connectivity index (χ4n) is 2.81. The van der Waals surface area contributed by atoms with Gasteiger partial charge in [0.05, 0.1) is 17.0 Å². The lowest BCUT2D eigenvalue weighted by atomic mass is 10.2. The van der Waals surface area contributed by atoms with Crippen molar-refractivity contribution in [3.05, 3.63) is 71.4 Å². The van der Waals surface area contributed by atoms with Gasteiger partial charge in [0.25, 0.3) is 5.88 Å². The van der Waals surface area contributed by atoms with Gasteiger partial charge in [-0.05, 0) is 47.6 Å². The largest absolute Gasteiger partial charge is 0.471 e. The number of ether oxygens (including phenoxy) is 2. The maximum Gasteiger partial charge on any atom is 0.414 e. The van der Waals surface area contributed by atoms with Crippen molar-refractivity contribution in [2.75, 3.05) is 24.3 Å². The van der Waals surface area contributed by atoms with Crippen molar-refractivity contribution in [3.63, 3.8) is 0 Å². The van der Waals surface area contributed by atoms with Crippen LogP contribution in [0, 0.1) is 0 Å². The van der Waals surface area contributed by atoms with E-state index in [2.05, 4.69) is 14.6 Å².